The number of benzene rings is 10. The van der Waals surface area contributed by atoms with Crippen LogP contribution in [0.4, 0.5) is 0 Å². The first-order valence-corrected chi connectivity index (χ1v) is 18.3. The van der Waals surface area contributed by atoms with E-state index in [-0.39, 0.29) is 6.71 Å². The molecule has 0 radical (unpaired) electrons. The second-order valence-electron chi connectivity index (χ2n) is 14.3. The molecule has 0 amide bonds. The molecule has 0 saturated carbocycles. The number of hydrogen-bond acceptors (Lipinski definition) is 2. The van der Waals surface area contributed by atoms with Crippen LogP contribution in [0.3, 0.4) is 0 Å². The fourth-order valence-electron chi connectivity index (χ4n) is 9.36. The molecule has 0 unspecified atom stereocenters. The molecule has 0 saturated heterocycles. The van der Waals surface area contributed by atoms with Gasteiger partial charge in [0.1, 0.15) is 23.0 Å². The van der Waals surface area contributed by atoms with Crippen molar-refractivity contribution in [1.82, 2.24) is 0 Å². The van der Waals surface area contributed by atoms with Crippen LogP contribution in [0.25, 0.3) is 76.1 Å². The SMILES string of the molecule is c1ccc2c(c1)Oc1ccc(-c3ccccc3-c3ccc4c(c3)c3ccccc3c3c5ccccc5c5ccccc5c43)c3c1B2c1ccccc1O3. The Bertz CT molecular complexity index is 3190. The summed E-state index contributed by atoms with van der Waals surface area (Å²) in [5, 5.41) is 12.8. The molecule has 10 aromatic carbocycles. The second-order valence-corrected chi connectivity index (χ2v) is 14.3. The first kappa shape index (κ1) is 28.8. The Morgan fingerprint density at radius 3 is 1.45 bits per heavy atom. The summed E-state index contributed by atoms with van der Waals surface area (Å²) >= 11 is 0. The molecule has 53 heavy (non-hydrogen) atoms. The van der Waals surface area contributed by atoms with E-state index in [0.717, 1.165) is 56.1 Å². The smallest absolute Gasteiger partial charge is 0.260 e. The third kappa shape index (κ3) is 3.99. The van der Waals surface area contributed by atoms with E-state index in [4.69, 9.17) is 9.47 Å². The molecular formula is C50H29BO2. The van der Waals surface area contributed by atoms with Crippen LogP contribution in [0, 0.1) is 0 Å². The van der Waals surface area contributed by atoms with Crippen LogP contribution in [0.2, 0.25) is 0 Å². The van der Waals surface area contributed by atoms with Crippen LogP contribution >= 0.6 is 0 Å². The minimum atomic E-state index is 0.0215. The van der Waals surface area contributed by atoms with Gasteiger partial charge in [-0.15, -0.1) is 0 Å². The van der Waals surface area contributed by atoms with E-state index >= 15 is 0 Å². The highest BCUT2D eigenvalue weighted by atomic mass is 16.5. The third-order valence-electron chi connectivity index (χ3n) is 11.6. The van der Waals surface area contributed by atoms with Gasteiger partial charge in [-0.1, -0.05) is 146 Å². The Kier molecular flexibility index (Phi) is 5.89. The molecule has 0 atom stereocenters. The molecule has 0 spiro atoms. The van der Waals surface area contributed by atoms with Gasteiger partial charge in [0.25, 0.3) is 6.71 Å². The van der Waals surface area contributed by atoms with E-state index in [0.29, 0.717) is 0 Å². The molecule has 3 heteroatoms. The van der Waals surface area contributed by atoms with Crippen LogP contribution in [0.15, 0.2) is 176 Å². The summed E-state index contributed by atoms with van der Waals surface area (Å²) in [5.41, 5.74) is 7.93. The third-order valence-corrected chi connectivity index (χ3v) is 11.6. The molecule has 10 aromatic rings. The van der Waals surface area contributed by atoms with Gasteiger partial charge in [0.05, 0.1) is 0 Å². The Labute approximate surface area is 306 Å². The summed E-state index contributed by atoms with van der Waals surface area (Å²) in [6, 6.07) is 63.6. The lowest BCUT2D eigenvalue weighted by atomic mass is 9.34. The van der Waals surface area contributed by atoms with Gasteiger partial charge in [0, 0.05) is 11.0 Å². The van der Waals surface area contributed by atoms with E-state index in [1.165, 1.54) is 59.4 Å². The van der Waals surface area contributed by atoms with Crippen molar-refractivity contribution in [3.8, 4) is 45.3 Å². The number of hydrogen-bond donors (Lipinski definition) is 0. The predicted octanol–water partition coefficient (Wildman–Crippen LogP) is 11.5. The highest BCUT2D eigenvalue weighted by Crippen LogP contribution is 2.47. The van der Waals surface area contributed by atoms with Gasteiger partial charge in [-0.25, -0.2) is 0 Å². The highest BCUT2D eigenvalue weighted by molar-refractivity contribution is 6.98. The van der Waals surface area contributed by atoms with Crippen molar-refractivity contribution >= 4 is 77.0 Å². The van der Waals surface area contributed by atoms with Crippen LogP contribution in [0.1, 0.15) is 0 Å². The zero-order valence-corrected chi connectivity index (χ0v) is 28.6. The number of fused-ring (bicyclic) bond motifs is 15. The summed E-state index contributed by atoms with van der Waals surface area (Å²) in [6.07, 6.45) is 0. The minimum absolute atomic E-state index is 0.0215. The zero-order valence-electron chi connectivity index (χ0n) is 28.6. The van der Waals surface area contributed by atoms with Gasteiger partial charge in [-0.05, 0) is 112 Å². The first-order valence-electron chi connectivity index (χ1n) is 18.3. The Hall–Kier alpha value is -6.84. The molecule has 2 aliphatic rings. The van der Waals surface area contributed by atoms with Crippen LogP contribution in [0.5, 0.6) is 23.0 Å². The molecule has 0 fully saturated rings. The van der Waals surface area contributed by atoms with Gasteiger partial charge < -0.3 is 9.47 Å². The van der Waals surface area contributed by atoms with Gasteiger partial charge in [0.15, 0.2) is 0 Å². The molecule has 0 bridgehead atoms. The van der Waals surface area contributed by atoms with Crippen molar-refractivity contribution in [3.05, 3.63) is 176 Å². The number of ether oxygens (including phenoxy) is 2. The standard InChI is InChI=1S/C50H29BO2/c1-2-14-32(40-27-28-46-49-50(40)53-45-24-12-10-22-43(45)51(49)42-21-9-11-23-44(42)52-46)31(13-1)30-25-26-39-41(29-30)35-17-5-8-20-38(35)47-36-18-6-3-15-33(36)34-16-4-7-19-37(34)48(39)47/h1-29H. The van der Waals surface area contributed by atoms with Crippen molar-refractivity contribution in [2.45, 2.75) is 0 Å². The number of rotatable bonds is 2. The Balaban J connectivity index is 1.12. The van der Waals surface area contributed by atoms with E-state index in [2.05, 4.69) is 170 Å². The maximum absolute atomic E-state index is 6.89. The van der Waals surface area contributed by atoms with E-state index in [9.17, 15) is 0 Å². The summed E-state index contributed by atoms with van der Waals surface area (Å²) < 4.78 is 13.4. The van der Waals surface area contributed by atoms with Crippen molar-refractivity contribution in [1.29, 1.82) is 0 Å². The maximum Gasteiger partial charge on any atom is 0.260 e. The first-order chi connectivity index (χ1) is 26.3. The molecule has 2 heterocycles. The molecule has 0 aromatic heterocycles. The van der Waals surface area contributed by atoms with Crippen molar-refractivity contribution in [3.63, 3.8) is 0 Å². The lowest BCUT2D eigenvalue weighted by molar-refractivity contribution is 0.465. The molecule has 0 N–H and O–H groups in total. The van der Waals surface area contributed by atoms with E-state index < -0.39 is 0 Å². The fraction of sp³-hybridized carbons (Fsp3) is 0. The van der Waals surface area contributed by atoms with Crippen LogP contribution < -0.4 is 25.9 Å². The lowest BCUT2D eigenvalue weighted by Gasteiger charge is -2.34. The topological polar surface area (TPSA) is 18.5 Å². The normalized spacial score (nSPS) is 12.8. The quantitative estimate of drug-likeness (QED) is 0.134. The van der Waals surface area contributed by atoms with Gasteiger partial charge in [-0.3, -0.25) is 0 Å². The molecule has 244 valence electrons. The van der Waals surface area contributed by atoms with Crippen molar-refractivity contribution < 1.29 is 9.47 Å². The lowest BCUT2D eigenvalue weighted by Crippen LogP contribution is -2.57. The second kappa shape index (κ2) is 10.8. The molecule has 2 aliphatic heterocycles. The van der Waals surface area contributed by atoms with E-state index in [1.54, 1.807) is 0 Å². The monoisotopic (exact) mass is 672 g/mol. The summed E-state index contributed by atoms with van der Waals surface area (Å²) in [7, 11) is 0. The zero-order chi connectivity index (χ0) is 34.6. The number of para-hydroxylation sites is 2. The minimum Gasteiger partial charge on any atom is -0.458 e. The Morgan fingerprint density at radius 1 is 0.321 bits per heavy atom. The summed E-state index contributed by atoms with van der Waals surface area (Å²) in [4.78, 5) is 0. The van der Waals surface area contributed by atoms with Gasteiger partial charge >= 0.3 is 0 Å². The van der Waals surface area contributed by atoms with Crippen LogP contribution in [-0.2, 0) is 0 Å². The average molecular weight is 673 g/mol. The highest BCUT2D eigenvalue weighted by Gasteiger charge is 2.41. The van der Waals surface area contributed by atoms with Gasteiger partial charge in [0.2, 0.25) is 0 Å². The molecule has 2 nitrogen and oxygen atoms in total. The predicted molar refractivity (Wildman–Crippen MR) is 223 cm³/mol. The fourth-order valence-corrected chi connectivity index (χ4v) is 9.36. The molecular weight excluding hydrogens is 643 g/mol. The van der Waals surface area contributed by atoms with E-state index in [1.807, 2.05) is 6.07 Å². The Morgan fingerprint density at radius 2 is 0.811 bits per heavy atom. The van der Waals surface area contributed by atoms with Crippen molar-refractivity contribution in [2.24, 2.45) is 0 Å². The largest absolute Gasteiger partial charge is 0.458 e. The van der Waals surface area contributed by atoms with Crippen LogP contribution in [-0.4, -0.2) is 6.71 Å². The average Bonchev–Trinajstić information content (AvgIpc) is 3.23. The summed E-state index contributed by atoms with van der Waals surface area (Å²) in [5.74, 6) is 3.51. The maximum atomic E-state index is 6.89. The van der Waals surface area contributed by atoms with Crippen molar-refractivity contribution in [2.75, 3.05) is 0 Å². The van der Waals surface area contributed by atoms with Gasteiger partial charge in [-0.2, -0.15) is 0 Å². The molecule has 12 rings (SSSR count). The summed E-state index contributed by atoms with van der Waals surface area (Å²) in [6.45, 7) is 0.0215. The molecule has 0 aliphatic carbocycles.